The van der Waals surface area contributed by atoms with Crippen LogP contribution in [0.4, 0.5) is 0 Å². The zero-order valence-corrected chi connectivity index (χ0v) is 16.3. The van der Waals surface area contributed by atoms with Gasteiger partial charge >= 0.3 is 0 Å². The molecule has 1 amide bonds. The van der Waals surface area contributed by atoms with Gasteiger partial charge in [0.25, 0.3) is 0 Å². The molecule has 25 heavy (non-hydrogen) atoms. The van der Waals surface area contributed by atoms with Crippen LogP contribution in [0.15, 0.2) is 0 Å². The molecule has 1 saturated heterocycles. The molecule has 2 rings (SSSR count). The van der Waals surface area contributed by atoms with E-state index < -0.39 is 0 Å². The van der Waals surface area contributed by atoms with E-state index in [1.165, 1.54) is 26.1 Å². The van der Waals surface area contributed by atoms with Crippen LogP contribution >= 0.6 is 0 Å². The summed E-state index contributed by atoms with van der Waals surface area (Å²) in [6, 6.07) is 0. The predicted molar refractivity (Wildman–Crippen MR) is 102 cm³/mol. The van der Waals surface area contributed by atoms with Crippen LogP contribution in [0.25, 0.3) is 0 Å². The number of carbonyl (C=O) groups excluding carboxylic acids is 2. The number of piperazine rings is 1. The molecule has 1 heterocycles. The van der Waals surface area contributed by atoms with E-state index in [-0.39, 0.29) is 17.7 Å². The second kappa shape index (κ2) is 10.9. The highest BCUT2D eigenvalue weighted by molar-refractivity contribution is 5.82. The summed E-state index contributed by atoms with van der Waals surface area (Å²) in [5.41, 5.74) is 0. The molecule has 0 spiro atoms. The van der Waals surface area contributed by atoms with Crippen molar-refractivity contribution in [3.8, 4) is 0 Å². The third-order valence-corrected chi connectivity index (χ3v) is 5.86. The molecule has 1 saturated carbocycles. The topological polar surface area (TPSA) is 52.6 Å². The summed E-state index contributed by atoms with van der Waals surface area (Å²) in [7, 11) is 0. The van der Waals surface area contributed by atoms with E-state index in [4.69, 9.17) is 0 Å². The Morgan fingerprint density at radius 2 is 1.44 bits per heavy atom. The molecule has 2 fully saturated rings. The SMILES string of the molecule is CCCN1CCN(CCCNC(=O)C2CCC(C(=O)CC)CC2)CC1. The summed E-state index contributed by atoms with van der Waals surface area (Å²) in [6.45, 7) is 11.9. The summed E-state index contributed by atoms with van der Waals surface area (Å²) in [5, 5.41) is 3.12. The van der Waals surface area contributed by atoms with Crippen LogP contribution in [0.2, 0.25) is 0 Å². The van der Waals surface area contributed by atoms with Gasteiger partial charge in [-0.15, -0.1) is 0 Å². The van der Waals surface area contributed by atoms with Crippen LogP contribution in [0.1, 0.15) is 58.8 Å². The van der Waals surface area contributed by atoms with E-state index >= 15 is 0 Å². The van der Waals surface area contributed by atoms with Crippen molar-refractivity contribution in [1.29, 1.82) is 0 Å². The summed E-state index contributed by atoms with van der Waals surface area (Å²) in [6.07, 6.45) is 6.45. The Bertz CT molecular complexity index is 411. The molecule has 0 radical (unpaired) electrons. The maximum Gasteiger partial charge on any atom is 0.223 e. The van der Waals surface area contributed by atoms with Crippen LogP contribution in [0, 0.1) is 11.8 Å². The maximum absolute atomic E-state index is 12.3. The van der Waals surface area contributed by atoms with E-state index in [1.807, 2.05) is 6.92 Å². The van der Waals surface area contributed by atoms with Crippen LogP contribution in [0.3, 0.4) is 0 Å². The van der Waals surface area contributed by atoms with E-state index in [9.17, 15) is 9.59 Å². The lowest BCUT2D eigenvalue weighted by Gasteiger charge is -2.34. The number of hydrogen-bond acceptors (Lipinski definition) is 4. The molecular formula is C20H37N3O2. The van der Waals surface area contributed by atoms with Crippen LogP contribution in [-0.4, -0.2) is 67.3 Å². The van der Waals surface area contributed by atoms with Gasteiger partial charge in [-0.25, -0.2) is 0 Å². The molecule has 0 unspecified atom stereocenters. The molecule has 0 aromatic heterocycles. The number of amides is 1. The second-order valence-corrected chi connectivity index (χ2v) is 7.70. The van der Waals surface area contributed by atoms with Crippen molar-refractivity contribution in [2.24, 2.45) is 11.8 Å². The summed E-state index contributed by atoms with van der Waals surface area (Å²) >= 11 is 0. The Labute approximate surface area is 153 Å². The molecule has 1 N–H and O–H groups in total. The molecule has 2 aliphatic rings. The molecule has 1 aliphatic heterocycles. The van der Waals surface area contributed by atoms with Gasteiger partial charge in [0, 0.05) is 51.0 Å². The van der Waals surface area contributed by atoms with Crippen LogP contribution < -0.4 is 5.32 Å². The number of nitrogens with one attached hydrogen (secondary N) is 1. The highest BCUT2D eigenvalue weighted by Crippen LogP contribution is 2.30. The molecule has 0 aromatic rings. The van der Waals surface area contributed by atoms with Crippen LogP contribution in [-0.2, 0) is 9.59 Å². The first-order valence-electron chi connectivity index (χ1n) is 10.4. The number of Topliss-reactive ketones (excluding diaryl/α,β-unsaturated/α-hetero) is 1. The molecule has 5 heteroatoms. The van der Waals surface area contributed by atoms with Crippen molar-refractivity contribution >= 4 is 11.7 Å². The average molecular weight is 352 g/mol. The smallest absolute Gasteiger partial charge is 0.223 e. The number of ketones is 1. The predicted octanol–water partition coefficient (Wildman–Crippen LogP) is 2.31. The Balaban J connectivity index is 1.54. The van der Waals surface area contributed by atoms with Gasteiger partial charge in [-0.2, -0.15) is 0 Å². The van der Waals surface area contributed by atoms with Gasteiger partial charge in [0.1, 0.15) is 5.78 Å². The summed E-state index contributed by atoms with van der Waals surface area (Å²) < 4.78 is 0. The second-order valence-electron chi connectivity index (χ2n) is 7.70. The van der Waals surface area contributed by atoms with E-state index in [2.05, 4.69) is 22.0 Å². The van der Waals surface area contributed by atoms with Crippen molar-refractivity contribution in [2.75, 3.05) is 45.8 Å². The van der Waals surface area contributed by atoms with Crippen molar-refractivity contribution in [1.82, 2.24) is 15.1 Å². The first-order valence-corrected chi connectivity index (χ1v) is 10.4. The highest BCUT2D eigenvalue weighted by atomic mass is 16.2. The number of nitrogens with zero attached hydrogens (tertiary/aromatic N) is 2. The number of carbonyl (C=O) groups is 2. The van der Waals surface area contributed by atoms with Crippen molar-refractivity contribution < 1.29 is 9.59 Å². The van der Waals surface area contributed by atoms with Gasteiger partial charge < -0.3 is 15.1 Å². The zero-order chi connectivity index (χ0) is 18.1. The lowest BCUT2D eigenvalue weighted by molar-refractivity contribution is -0.129. The Hall–Kier alpha value is -0.940. The Morgan fingerprint density at radius 3 is 2.00 bits per heavy atom. The fraction of sp³-hybridized carbons (Fsp3) is 0.900. The fourth-order valence-corrected chi connectivity index (χ4v) is 4.18. The third-order valence-electron chi connectivity index (χ3n) is 5.86. The number of rotatable bonds is 9. The molecule has 0 atom stereocenters. The highest BCUT2D eigenvalue weighted by Gasteiger charge is 2.28. The van der Waals surface area contributed by atoms with E-state index in [0.717, 1.165) is 58.3 Å². The first-order chi connectivity index (χ1) is 12.1. The number of hydrogen-bond donors (Lipinski definition) is 1. The maximum atomic E-state index is 12.3. The molecule has 0 bridgehead atoms. The quantitative estimate of drug-likeness (QED) is 0.648. The zero-order valence-electron chi connectivity index (χ0n) is 16.3. The molecule has 5 nitrogen and oxygen atoms in total. The van der Waals surface area contributed by atoms with Crippen LogP contribution in [0.5, 0.6) is 0 Å². The lowest BCUT2D eigenvalue weighted by atomic mass is 9.79. The minimum absolute atomic E-state index is 0.124. The lowest BCUT2D eigenvalue weighted by Crippen LogP contribution is -2.47. The van der Waals surface area contributed by atoms with Gasteiger partial charge in [-0.1, -0.05) is 13.8 Å². The standard InChI is InChI=1S/C20H37N3O2/c1-3-11-22-13-15-23(16-14-22)12-5-10-21-20(25)18-8-6-17(7-9-18)19(24)4-2/h17-18H,3-16H2,1-2H3,(H,21,25). The van der Waals surface area contributed by atoms with E-state index in [0.29, 0.717) is 12.2 Å². The minimum atomic E-state index is 0.124. The van der Waals surface area contributed by atoms with Gasteiger partial charge in [0.2, 0.25) is 5.91 Å². The van der Waals surface area contributed by atoms with Gasteiger partial charge in [-0.05, 0) is 51.6 Å². The largest absolute Gasteiger partial charge is 0.356 e. The third kappa shape index (κ3) is 6.70. The van der Waals surface area contributed by atoms with Gasteiger partial charge in [-0.3, -0.25) is 9.59 Å². The van der Waals surface area contributed by atoms with Gasteiger partial charge in [0.05, 0.1) is 0 Å². The van der Waals surface area contributed by atoms with Crippen molar-refractivity contribution in [3.63, 3.8) is 0 Å². The Morgan fingerprint density at radius 1 is 0.880 bits per heavy atom. The minimum Gasteiger partial charge on any atom is -0.356 e. The first kappa shape index (κ1) is 20.4. The Kier molecular flexibility index (Phi) is 8.90. The van der Waals surface area contributed by atoms with Gasteiger partial charge in [0.15, 0.2) is 0 Å². The molecule has 0 aromatic carbocycles. The average Bonchev–Trinajstić information content (AvgIpc) is 2.66. The summed E-state index contributed by atoms with van der Waals surface area (Å²) in [5.74, 6) is 0.909. The van der Waals surface area contributed by atoms with Crippen molar-refractivity contribution in [2.45, 2.75) is 58.8 Å². The molecule has 144 valence electrons. The van der Waals surface area contributed by atoms with Crippen molar-refractivity contribution in [3.05, 3.63) is 0 Å². The normalized spacial score (nSPS) is 25.7. The molecular weight excluding hydrogens is 314 g/mol. The summed E-state index contributed by atoms with van der Waals surface area (Å²) in [4.78, 5) is 29.1. The monoisotopic (exact) mass is 351 g/mol. The fourth-order valence-electron chi connectivity index (χ4n) is 4.18. The van der Waals surface area contributed by atoms with E-state index in [1.54, 1.807) is 0 Å². The molecule has 1 aliphatic carbocycles.